The molecule has 0 spiro atoms. The van der Waals surface area contributed by atoms with Gasteiger partial charge in [-0.15, -0.1) is 0 Å². The Morgan fingerprint density at radius 3 is 2.89 bits per heavy atom. The normalized spacial score (nSPS) is 17.9. The van der Waals surface area contributed by atoms with Crippen molar-refractivity contribution >= 4 is 0 Å². The van der Waals surface area contributed by atoms with Gasteiger partial charge >= 0.3 is 0 Å². The molecular weight excluding hydrogens is 224 g/mol. The molecule has 0 aromatic carbocycles. The molecule has 1 aromatic rings. The van der Waals surface area contributed by atoms with Crippen LogP contribution >= 0.6 is 0 Å². The highest BCUT2D eigenvalue weighted by Gasteiger charge is 2.19. The van der Waals surface area contributed by atoms with Crippen molar-refractivity contribution in [3.8, 4) is 5.75 Å². The second-order valence-electron chi connectivity index (χ2n) is 5.30. The molecule has 0 amide bonds. The molecule has 1 aromatic heterocycles. The summed E-state index contributed by atoms with van der Waals surface area (Å²) in [6, 6.07) is 2.15. The quantitative estimate of drug-likeness (QED) is 0.838. The minimum atomic E-state index is 0.103. The summed E-state index contributed by atoms with van der Waals surface area (Å²) < 4.78 is 5.60. The van der Waals surface area contributed by atoms with E-state index in [1.165, 1.54) is 25.7 Å². The fourth-order valence-electron chi connectivity index (χ4n) is 2.68. The van der Waals surface area contributed by atoms with Crippen molar-refractivity contribution in [1.82, 2.24) is 4.98 Å². The van der Waals surface area contributed by atoms with Gasteiger partial charge in [0.05, 0.1) is 12.8 Å². The molecule has 1 fully saturated rings. The van der Waals surface area contributed by atoms with Crippen LogP contribution in [0.1, 0.15) is 57.1 Å². The molecule has 0 saturated heterocycles. The Morgan fingerprint density at radius 2 is 2.17 bits per heavy atom. The Hall–Kier alpha value is -1.09. The van der Waals surface area contributed by atoms with Gasteiger partial charge in [0.15, 0.2) is 0 Å². The van der Waals surface area contributed by atoms with E-state index >= 15 is 0 Å². The first-order valence-electron chi connectivity index (χ1n) is 7.13. The lowest BCUT2D eigenvalue weighted by Crippen LogP contribution is -2.14. The van der Waals surface area contributed by atoms with E-state index in [1.807, 2.05) is 12.3 Å². The molecule has 2 N–H and O–H groups in total. The van der Waals surface area contributed by atoms with E-state index in [2.05, 4.69) is 11.9 Å². The van der Waals surface area contributed by atoms with E-state index in [1.54, 1.807) is 6.20 Å². The predicted octanol–water partition coefficient (Wildman–Crippen LogP) is 3.45. The topological polar surface area (TPSA) is 48.1 Å². The third-order valence-corrected chi connectivity index (χ3v) is 3.70. The average Bonchev–Trinajstić information content (AvgIpc) is 2.89. The van der Waals surface area contributed by atoms with Crippen LogP contribution in [-0.4, -0.2) is 11.6 Å². The number of rotatable bonds is 6. The molecule has 1 atom stereocenters. The third-order valence-electron chi connectivity index (χ3n) is 3.70. The van der Waals surface area contributed by atoms with Crippen molar-refractivity contribution < 1.29 is 4.74 Å². The Labute approximate surface area is 110 Å². The van der Waals surface area contributed by atoms with E-state index in [4.69, 9.17) is 10.5 Å². The average molecular weight is 248 g/mol. The molecule has 3 heteroatoms. The fourth-order valence-corrected chi connectivity index (χ4v) is 2.68. The maximum Gasteiger partial charge on any atom is 0.137 e. The van der Waals surface area contributed by atoms with E-state index in [9.17, 15) is 0 Å². The summed E-state index contributed by atoms with van der Waals surface area (Å²) >= 11 is 0. The molecular formula is C15H24N2O. The largest absolute Gasteiger partial charge is 0.492 e. The van der Waals surface area contributed by atoms with Gasteiger partial charge in [-0.25, -0.2) is 0 Å². The molecule has 1 saturated carbocycles. The van der Waals surface area contributed by atoms with Crippen LogP contribution in [-0.2, 0) is 0 Å². The summed E-state index contributed by atoms with van der Waals surface area (Å²) in [6.45, 7) is 2.84. The van der Waals surface area contributed by atoms with Crippen molar-refractivity contribution in [2.45, 2.75) is 51.5 Å². The first kappa shape index (κ1) is 13.3. The number of pyridine rings is 1. The zero-order chi connectivity index (χ0) is 12.8. The highest BCUT2D eigenvalue weighted by molar-refractivity contribution is 5.25. The summed E-state index contributed by atoms with van der Waals surface area (Å²) in [5.41, 5.74) is 7.38. The maximum absolute atomic E-state index is 6.28. The van der Waals surface area contributed by atoms with Crippen molar-refractivity contribution in [1.29, 1.82) is 0 Å². The molecule has 3 nitrogen and oxygen atoms in total. The summed E-state index contributed by atoms with van der Waals surface area (Å²) in [5.74, 6) is 1.65. The second kappa shape index (κ2) is 6.74. The predicted molar refractivity (Wildman–Crippen MR) is 73.5 cm³/mol. The number of nitrogens with zero attached hydrogens (tertiary/aromatic N) is 1. The number of hydrogen-bond acceptors (Lipinski definition) is 3. The van der Waals surface area contributed by atoms with Gasteiger partial charge in [-0.1, -0.05) is 32.6 Å². The lowest BCUT2D eigenvalue weighted by atomic mass is 9.95. The Bertz CT molecular complexity index is 361. The molecule has 1 heterocycles. The van der Waals surface area contributed by atoms with E-state index in [0.29, 0.717) is 0 Å². The Morgan fingerprint density at radius 1 is 1.39 bits per heavy atom. The monoisotopic (exact) mass is 248 g/mol. The minimum Gasteiger partial charge on any atom is -0.492 e. The van der Waals surface area contributed by atoms with Crippen LogP contribution < -0.4 is 10.5 Å². The van der Waals surface area contributed by atoms with Gasteiger partial charge in [-0.2, -0.15) is 0 Å². The molecule has 2 rings (SSSR count). The van der Waals surface area contributed by atoms with Gasteiger partial charge in [-0.3, -0.25) is 4.98 Å². The van der Waals surface area contributed by atoms with Crippen molar-refractivity contribution in [3.63, 3.8) is 0 Å². The Balaban J connectivity index is 1.93. The van der Waals surface area contributed by atoms with Crippen LogP contribution in [0.3, 0.4) is 0 Å². The standard InChI is InChI=1S/C15H24N2O/c1-2-7-18-14-9-13(10-17-11-14)15(16)8-12-5-3-4-6-12/h9-12,15H,2-8,16H2,1H3. The number of hydrogen-bond donors (Lipinski definition) is 1. The molecule has 0 bridgehead atoms. The smallest absolute Gasteiger partial charge is 0.137 e. The van der Waals surface area contributed by atoms with Crippen LogP contribution in [0.4, 0.5) is 0 Å². The van der Waals surface area contributed by atoms with Gasteiger partial charge in [0.1, 0.15) is 5.75 Å². The van der Waals surface area contributed by atoms with Gasteiger partial charge in [0, 0.05) is 12.2 Å². The minimum absolute atomic E-state index is 0.103. The van der Waals surface area contributed by atoms with Crippen LogP contribution in [0.2, 0.25) is 0 Å². The molecule has 1 aliphatic rings. The lowest BCUT2D eigenvalue weighted by molar-refractivity contribution is 0.315. The van der Waals surface area contributed by atoms with Crippen LogP contribution in [0.15, 0.2) is 18.5 Å². The fraction of sp³-hybridized carbons (Fsp3) is 0.667. The van der Waals surface area contributed by atoms with Gasteiger partial charge < -0.3 is 10.5 Å². The van der Waals surface area contributed by atoms with E-state index in [-0.39, 0.29) is 6.04 Å². The molecule has 0 aliphatic heterocycles. The van der Waals surface area contributed by atoms with Crippen molar-refractivity contribution in [3.05, 3.63) is 24.0 Å². The SMILES string of the molecule is CCCOc1cncc(C(N)CC2CCCC2)c1. The van der Waals surface area contributed by atoms with Crippen molar-refractivity contribution in [2.24, 2.45) is 11.7 Å². The summed E-state index contributed by atoms with van der Waals surface area (Å²) in [6.07, 6.45) is 11.2. The zero-order valence-electron chi connectivity index (χ0n) is 11.3. The van der Waals surface area contributed by atoms with Crippen LogP contribution in [0.5, 0.6) is 5.75 Å². The molecule has 1 aliphatic carbocycles. The molecule has 18 heavy (non-hydrogen) atoms. The first-order valence-corrected chi connectivity index (χ1v) is 7.13. The molecule has 0 radical (unpaired) electrons. The summed E-state index contributed by atoms with van der Waals surface area (Å²) in [4.78, 5) is 4.23. The highest BCUT2D eigenvalue weighted by Crippen LogP contribution is 2.32. The van der Waals surface area contributed by atoms with Crippen molar-refractivity contribution in [2.75, 3.05) is 6.61 Å². The highest BCUT2D eigenvalue weighted by atomic mass is 16.5. The van der Waals surface area contributed by atoms with Gasteiger partial charge in [0.25, 0.3) is 0 Å². The van der Waals surface area contributed by atoms with E-state index < -0.39 is 0 Å². The van der Waals surface area contributed by atoms with Crippen LogP contribution in [0, 0.1) is 5.92 Å². The van der Waals surface area contributed by atoms with Crippen LogP contribution in [0.25, 0.3) is 0 Å². The summed E-state index contributed by atoms with van der Waals surface area (Å²) in [5, 5.41) is 0. The number of nitrogens with two attached hydrogens (primary N) is 1. The third kappa shape index (κ3) is 3.70. The zero-order valence-corrected chi connectivity index (χ0v) is 11.3. The Kier molecular flexibility index (Phi) is 5.00. The van der Waals surface area contributed by atoms with E-state index in [0.717, 1.165) is 36.7 Å². The molecule has 100 valence electrons. The maximum atomic E-state index is 6.28. The second-order valence-corrected chi connectivity index (χ2v) is 5.30. The summed E-state index contributed by atoms with van der Waals surface area (Å²) in [7, 11) is 0. The lowest BCUT2D eigenvalue weighted by Gasteiger charge is -2.17. The van der Waals surface area contributed by atoms with Gasteiger partial charge in [0.2, 0.25) is 0 Å². The first-order chi connectivity index (χ1) is 8.79. The number of ether oxygens (including phenoxy) is 1. The van der Waals surface area contributed by atoms with Gasteiger partial charge in [-0.05, 0) is 30.4 Å². The molecule has 1 unspecified atom stereocenters. The number of aromatic nitrogens is 1.